The maximum absolute atomic E-state index is 5.26. The fourth-order valence-electron chi connectivity index (χ4n) is 1.58. The van der Waals surface area contributed by atoms with Gasteiger partial charge in [-0.15, -0.1) is 0 Å². The van der Waals surface area contributed by atoms with E-state index in [0.717, 1.165) is 31.0 Å². The molecule has 0 aliphatic heterocycles. The summed E-state index contributed by atoms with van der Waals surface area (Å²) in [6.45, 7) is 3.87. The number of ether oxygens (including phenoxy) is 2. The van der Waals surface area contributed by atoms with E-state index in [1.807, 2.05) is 25.1 Å². The predicted molar refractivity (Wildman–Crippen MR) is 70.7 cm³/mol. The predicted octanol–water partition coefficient (Wildman–Crippen LogP) is 2.76. The van der Waals surface area contributed by atoms with E-state index in [-0.39, 0.29) is 0 Å². The second kappa shape index (κ2) is 7.74. The minimum absolute atomic E-state index is 0.769. The maximum atomic E-state index is 5.26. The zero-order valence-electron chi connectivity index (χ0n) is 10.8. The van der Waals surface area contributed by atoms with Crippen molar-refractivity contribution in [3.05, 3.63) is 35.9 Å². The molecule has 0 atom stereocenters. The Hall–Kier alpha value is -1.48. The standard InChI is InChI=1S/C14H21NO2/c1-4-5-6-9-15-11-12-7-8-13(16-2)14(10-12)17-3/h4-5,7-8,10,15H,6,9,11H2,1-3H3/b5-4+. The third-order valence-corrected chi connectivity index (χ3v) is 2.50. The number of hydrogen-bond acceptors (Lipinski definition) is 3. The monoisotopic (exact) mass is 235 g/mol. The van der Waals surface area contributed by atoms with Crippen molar-refractivity contribution < 1.29 is 9.47 Å². The average molecular weight is 235 g/mol. The number of methoxy groups -OCH3 is 2. The van der Waals surface area contributed by atoms with E-state index in [4.69, 9.17) is 9.47 Å². The summed E-state index contributed by atoms with van der Waals surface area (Å²) in [6, 6.07) is 5.98. The van der Waals surface area contributed by atoms with E-state index in [0.29, 0.717) is 0 Å². The van der Waals surface area contributed by atoms with E-state index >= 15 is 0 Å². The van der Waals surface area contributed by atoms with Gasteiger partial charge in [0.1, 0.15) is 0 Å². The smallest absolute Gasteiger partial charge is 0.161 e. The van der Waals surface area contributed by atoms with Crippen molar-refractivity contribution in [1.82, 2.24) is 5.32 Å². The van der Waals surface area contributed by atoms with Crippen LogP contribution in [0.5, 0.6) is 11.5 Å². The molecule has 0 saturated heterocycles. The van der Waals surface area contributed by atoms with E-state index in [2.05, 4.69) is 17.5 Å². The molecule has 0 aliphatic carbocycles. The van der Waals surface area contributed by atoms with Crippen LogP contribution in [-0.2, 0) is 6.54 Å². The van der Waals surface area contributed by atoms with Crippen LogP contribution in [0.4, 0.5) is 0 Å². The molecule has 1 aromatic rings. The molecule has 0 radical (unpaired) electrons. The Morgan fingerprint density at radius 1 is 1.18 bits per heavy atom. The molecular weight excluding hydrogens is 214 g/mol. The van der Waals surface area contributed by atoms with Gasteiger partial charge in [-0.25, -0.2) is 0 Å². The summed E-state index contributed by atoms with van der Waals surface area (Å²) in [4.78, 5) is 0. The highest BCUT2D eigenvalue weighted by molar-refractivity contribution is 5.42. The van der Waals surface area contributed by atoms with E-state index < -0.39 is 0 Å². The normalized spacial score (nSPS) is 10.8. The second-order valence-electron chi connectivity index (χ2n) is 3.72. The number of allylic oxidation sites excluding steroid dienone is 1. The number of hydrogen-bond donors (Lipinski definition) is 1. The molecule has 0 spiro atoms. The van der Waals surface area contributed by atoms with Gasteiger partial charge in [0.25, 0.3) is 0 Å². The lowest BCUT2D eigenvalue weighted by Gasteiger charge is -2.10. The lowest BCUT2D eigenvalue weighted by Crippen LogP contribution is -2.14. The summed E-state index contributed by atoms with van der Waals surface area (Å²) < 4.78 is 10.5. The number of benzene rings is 1. The molecule has 3 heteroatoms. The van der Waals surface area contributed by atoms with E-state index in [1.54, 1.807) is 14.2 Å². The van der Waals surface area contributed by atoms with Crippen LogP contribution in [0, 0.1) is 0 Å². The first-order valence-corrected chi connectivity index (χ1v) is 5.84. The van der Waals surface area contributed by atoms with Crippen LogP contribution < -0.4 is 14.8 Å². The van der Waals surface area contributed by atoms with Crippen molar-refractivity contribution in [2.24, 2.45) is 0 Å². The third kappa shape index (κ3) is 4.49. The topological polar surface area (TPSA) is 30.5 Å². The average Bonchev–Trinajstić information content (AvgIpc) is 2.38. The van der Waals surface area contributed by atoms with Gasteiger partial charge < -0.3 is 14.8 Å². The van der Waals surface area contributed by atoms with Gasteiger partial charge in [-0.2, -0.15) is 0 Å². The van der Waals surface area contributed by atoms with Crippen LogP contribution in [0.1, 0.15) is 18.9 Å². The van der Waals surface area contributed by atoms with Gasteiger partial charge >= 0.3 is 0 Å². The summed E-state index contributed by atoms with van der Waals surface area (Å²) in [5, 5.41) is 3.38. The highest BCUT2D eigenvalue weighted by atomic mass is 16.5. The molecule has 0 saturated carbocycles. The largest absolute Gasteiger partial charge is 0.493 e. The van der Waals surface area contributed by atoms with Gasteiger partial charge in [-0.3, -0.25) is 0 Å². The van der Waals surface area contributed by atoms with Crippen molar-refractivity contribution >= 4 is 0 Å². The molecule has 0 fully saturated rings. The summed E-state index contributed by atoms with van der Waals surface area (Å²) in [6.07, 6.45) is 5.28. The third-order valence-electron chi connectivity index (χ3n) is 2.50. The first-order valence-electron chi connectivity index (χ1n) is 5.84. The first-order chi connectivity index (χ1) is 8.31. The Balaban J connectivity index is 2.48. The molecule has 1 rings (SSSR count). The molecule has 0 aromatic heterocycles. The number of nitrogens with one attached hydrogen (secondary N) is 1. The molecule has 0 unspecified atom stereocenters. The molecule has 1 N–H and O–H groups in total. The summed E-state index contributed by atoms with van der Waals surface area (Å²) >= 11 is 0. The molecule has 0 amide bonds. The SMILES string of the molecule is C/C=C/CCNCc1ccc(OC)c(OC)c1. The Kier molecular flexibility index (Phi) is 6.18. The quantitative estimate of drug-likeness (QED) is 0.582. The van der Waals surface area contributed by atoms with Crippen LogP contribution in [0.3, 0.4) is 0 Å². The Bertz CT molecular complexity index is 361. The van der Waals surface area contributed by atoms with Crippen LogP contribution in [0.2, 0.25) is 0 Å². The van der Waals surface area contributed by atoms with Gasteiger partial charge in [-0.05, 0) is 37.6 Å². The van der Waals surface area contributed by atoms with Crippen molar-refractivity contribution in [2.75, 3.05) is 20.8 Å². The highest BCUT2D eigenvalue weighted by Gasteiger charge is 2.03. The Morgan fingerprint density at radius 3 is 2.59 bits per heavy atom. The van der Waals surface area contributed by atoms with Gasteiger partial charge in [-0.1, -0.05) is 18.2 Å². The lowest BCUT2D eigenvalue weighted by molar-refractivity contribution is 0.354. The van der Waals surface area contributed by atoms with Crippen molar-refractivity contribution in [3.63, 3.8) is 0 Å². The summed E-state index contributed by atoms with van der Waals surface area (Å²) in [7, 11) is 3.30. The minimum Gasteiger partial charge on any atom is -0.493 e. The van der Waals surface area contributed by atoms with Gasteiger partial charge in [0.05, 0.1) is 14.2 Å². The highest BCUT2D eigenvalue weighted by Crippen LogP contribution is 2.27. The lowest BCUT2D eigenvalue weighted by atomic mass is 10.2. The first kappa shape index (κ1) is 13.6. The van der Waals surface area contributed by atoms with E-state index in [1.165, 1.54) is 5.56 Å². The molecular formula is C14H21NO2. The minimum atomic E-state index is 0.769. The molecule has 1 aromatic carbocycles. The van der Waals surface area contributed by atoms with Crippen LogP contribution >= 0.6 is 0 Å². The molecule has 17 heavy (non-hydrogen) atoms. The maximum Gasteiger partial charge on any atom is 0.161 e. The second-order valence-corrected chi connectivity index (χ2v) is 3.72. The zero-order chi connectivity index (χ0) is 12.5. The molecule has 0 aliphatic rings. The van der Waals surface area contributed by atoms with Gasteiger partial charge in [0.2, 0.25) is 0 Å². The van der Waals surface area contributed by atoms with Crippen molar-refractivity contribution in [3.8, 4) is 11.5 Å². The van der Waals surface area contributed by atoms with Crippen molar-refractivity contribution in [2.45, 2.75) is 19.9 Å². The van der Waals surface area contributed by atoms with Crippen molar-refractivity contribution in [1.29, 1.82) is 0 Å². The van der Waals surface area contributed by atoms with Gasteiger partial charge in [0, 0.05) is 6.54 Å². The Morgan fingerprint density at radius 2 is 1.94 bits per heavy atom. The van der Waals surface area contributed by atoms with Crippen LogP contribution in [0.15, 0.2) is 30.4 Å². The van der Waals surface area contributed by atoms with Crippen LogP contribution in [-0.4, -0.2) is 20.8 Å². The zero-order valence-corrected chi connectivity index (χ0v) is 10.8. The molecule has 0 heterocycles. The summed E-state index contributed by atoms with van der Waals surface area (Å²) in [5.74, 6) is 1.55. The molecule has 0 bridgehead atoms. The van der Waals surface area contributed by atoms with E-state index in [9.17, 15) is 0 Å². The van der Waals surface area contributed by atoms with Crippen LogP contribution in [0.25, 0.3) is 0 Å². The number of rotatable bonds is 7. The fraction of sp³-hybridized carbons (Fsp3) is 0.429. The van der Waals surface area contributed by atoms with Gasteiger partial charge in [0.15, 0.2) is 11.5 Å². The fourth-order valence-corrected chi connectivity index (χ4v) is 1.58. The Labute approximate surface area is 103 Å². The molecule has 3 nitrogen and oxygen atoms in total. The molecule has 94 valence electrons. The summed E-state index contributed by atoms with van der Waals surface area (Å²) in [5.41, 5.74) is 1.20.